The smallest absolute Gasteiger partial charge is 0.328 e. The van der Waals surface area contributed by atoms with Crippen LogP contribution in [0.4, 0.5) is 0 Å². The van der Waals surface area contributed by atoms with E-state index < -0.39 is 35.8 Å². The highest BCUT2D eigenvalue weighted by Crippen LogP contribution is 2.13. The van der Waals surface area contributed by atoms with Crippen LogP contribution in [0, 0.1) is 0 Å². The monoisotopic (exact) mass is 643 g/mol. The molecule has 1 aliphatic rings. The summed E-state index contributed by atoms with van der Waals surface area (Å²) in [5, 5.41) is 51.3. The van der Waals surface area contributed by atoms with Gasteiger partial charge in [-0.2, -0.15) is 0 Å². The highest BCUT2D eigenvalue weighted by molar-refractivity contribution is 6.30. The van der Waals surface area contributed by atoms with Crippen LogP contribution >= 0.6 is 11.6 Å². The third-order valence-corrected chi connectivity index (χ3v) is 5.40. The highest BCUT2D eigenvalue weighted by atomic mass is 35.5. The Labute approximate surface area is 259 Å². The molecule has 1 aromatic carbocycles. The summed E-state index contributed by atoms with van der Waals surface area (Å²) >= 11 is 6.01. The molecule has 244 valence electrons. The first-order valence-electron chi connectivity index (χ1n) is 12.8. The Hall–Kier alpha value is -4.57. The summed E-state index contributed by atoms with van der Waals surface area (Å²) < 4.78 is 0. The molecule has 15 nitrogen and oxygen atoms in total. The summed E-state index contributed by atoms with van der Waals surface area (Å²) in [7, 11) is 4.38. The van der Waals surface area contributed by atoms with Crippen LogP contribution in [0.1, 0.15) is 18.4 Å². The molecule has 1 fully saturated rings. The Bertz CT molecular complexity index is 1040. The van der Waals surface area contributed by atoms with E-state index in [1.54, 1.807) is 0 Å². The second-order valence-corrected chi connectivity index (χ2v) is 9.31. The molecule has 0 saturated carbocycles. The second kappa shape index (κ2) is 25.0. The Morgan fingerprint density at radius 2 is 1.27 bits per heavy atom. The molecule has 2 rings (SSSR count). The molecule has 1 aromatic rings. The number of nitrogens with zero attached hydrogens (tertiary/aromatic N) is 2. The van der Waals surface area contributed by atoms with E-state index in [4.69, 9.17) is 42.2 Å². The second-order valence-electron chi connectivity index (χ2n) is 8.88. The topological polar surface area (TPSA) is 242 Å². The molecule has 1 unspecified atom stereocenters. The van der Waals surface area contributed by atoms with Crippen molar-refractivity contribution in [1.82, 2.24) is 15.1 Å². The quantitative estimate of drug-likeness (QED) is 0.119. The van der Waals surface area contributed by atoms with E-state index in [2.05, 4.69) is 35.3 Å². The van der Waals surface area contributed by atoms with Crippen molar-refractivity contribution in [3.05, 3.63) is 71.3 Å². The van der Waals surface area contributed by atoms with Crippen molar-refractivity contribution < 1.29 is 59.4 Å². The first-order valence-corrected chi connectivity index (χ1v) is 13.2. The lowest BCUT2D eigenvalue weighted by molar-refractivity contribution is -0.134. The lowest BCUT2D eigenvalue weighted by atomic mass is 10.2. The Kier molecular flexibility index (Phi) is 23.6. The van der Waals surface area contributed by atoms with Gasteiger partial charge < -0.3 is 45.8 Å². The number of rotatable bonds is 13. The van der Waals surface area contributed by atoms with Crippen LogP contribution in [0.2, 0.25) is 5.02 Å². The zero-order valence-corrected chi connectivity index (χ0v) is 25.0. The van der Waals surface area contributed by atoms with Crippen molar-refractivity contribution >= 4 is 47.4 Å². The van der Waals surface area contributed by atoms with Crippen LogP contribution in [0.15, 0.2) is 60.7 Å². The molecule has 0 radical (unpaired) electrons. The molecular formula is C28H38ClN3O12. The molecule has 1 heterocycles. The Morgan fingerprint density at radius 3 is 1.61 bits per heavy atom. The molecule has 1 atom stereocenters. The van der Waals surface area contributed by atoms with E-state index in [-0.39, 0.29) is 0 Å². The van der Waals surface area contributed by atoms with Gasteiger partial charge in [-0.1, -0.05) is 23.7 Å². The first kappa shape index (κ1) is 41.6. The lowest BCUT2D eigenvalue weighted by Crippen LogP contribution is -2.38. The predicted molar refractivity (Wildman–Crippen MR) is 160 cm³/mol. The molecule has 0 amide bonds. The van der Waals surface area contributed by atoms with Gasteiger partial charge in [-0.25, -0.2) is 28.8 Å². The van der Waals surface area contributed by atoms with Crippen molar-refractivity contribution in [2.75, 3.05) is 40.3 Å². The van der Waals surface area contributed by atoms with Gasteiger partial charge in [0.2, 0.25) is 0 Å². The van der Waals surface area contributed by atoms with Crippen LogP contribution < -0.4 is 5.32 Å². The maximum atomic E-state index is 9.55. The minimum atomic E-state index is -1.26. The van der Waals surface area contributed by atoms with Gasteiger partial charge >= 0.3 is 35.8 Å². The third kappa shape index (κ3) is 28.9. The van der Waals surface area contributed by atoms with Gasteiger partial charge in [-0.3, -0.25) is 0 Å². The number of likely N-dealkylation sites (N-methyl/N-ethyl adjacent to an activating group) is 2. The Balaban J connectivity index is 0. The van der Waals surface area contributed by atoms with Gasteiger partial charge in [0.1, 0.15) is 0 Å². The maximum Gasteiger partial charge on any atom is 0.328 e. The molecule has 0 spiro atoms. The molecule has 44 heavy (non-hydrogen) atoms. The summed E-state index contributed by atoms with van der Waals surface area (Å²) in [5.41, 5.74) is 1.27. The van der Waals surface area contributed by atoms with Gasteiger partial charge in [0.05, 0.1) is 0 Å². The van der Waals surface area contributed by atoms with Crippen LogP contribution in [-0.4, -0.2) is 123 Å². The van der Waals surface area contributed by atoms with Crippen molar-refractivity contribution in [2.24, 2.45) is 0 Å². The van der Waals surface area contributed by atoms with Crippen molar-refractivity contribution in [2.45, 2.75) is 25.4 Å². The number of hydrogen-bond acceptors (Lipinski definition) is 9. The minimum absolute atomic E-state index is 0.558. The Morgan fingerprint density at radius 1 is 0.841 bits per heavy atom. The average molecular weight is 644 g/mol. The number of carbonyl (C=O) groups is 6. The largest absolute Gasteiger partial charge is 0.478 e. The molecule has 1 saturated heterocycles. The predicted octanol–water partition coefficient (Wildman–Crippen LogP) is 1.59. The summed E-state index contributed by atoms with van der Waals surface area (Å²) in [6.07, 6.45) is 6.03. The van der Waals surface area contributed by atoms with Gasteiger partial charge in [0.15, 0.2) is 0 Å². The molecule has 16 heteroatoms. The van der Waals surface area contributed by atoms with Crippen molar-refractivity contribution in [3.8, 4) is 0 Å². The van der Waals surface area contributed by atoms with Crippen molar-refractivity contribution in [3.63, 3.8) is 0 Å². The normalized spacial score (nSPS) is 14.2. The number of carboxylic acid groups (broad SMARTS) is 6. The van der Waals surface area contributed by atoms with Crippen LogP contribution in [-0.2, 0) is 35.3 Å². The van der Waals surface area contributed by atoms with Gasteiger partial charge in [-0.05, 0) is 51.2 Å². The first-order chi connectivity index (χ1) is 20.5. The SMILES string of the molecule is CN(CCNCC1CCCN1C)Cc1cccc(Cl)c1.O=C(O)/C=C/C(=O)O.O=C(O)/C=C/C(=O)O.O=C(O)/C=C/C(=O)O. The molecular weight excluding hydrogens is 606 g/mol. The molecule has 0 aliphatic carbocycles. The maximum absolute atomic E-state index is 9.55. The molecule has 1 aliphatic heterocycles. The van der Waals surface area contributed by atoms with Crippen LogP contribution in [0.25, 0.3) is 0 Å². The number of carboxylic acids is 6. The number of hydrogen-bond donors (Lipinski definition) is 7. The fourth-order valence-electron chi connectivity index (χ4n) is 3.23. The fraction of sp³-hybridized carbons (Fsp3) is 0.357. The van der Waals surface area contributed by atoms with E-state index in [0.717, 1.165) is 37.2 Å². The highest BCUT2D eigenvalue weighted by Gasteiger charge is 2.19. The van der Waals surface area contributed by atoms with Gasteiger partial charge in [0.25, 0.3) is 0 Å². The van der Waals surface area contributed by atoms with E-state index in [1.165, 1.54) is 24.9 Å². The summed E-state index contributed by atoms with van der Waals surface area (Å²) in [5.74, 6) is -7.54. The third-order valence-electron chi connectivity index (χ3n) is 5.17. The van der Waals surface area contributed by atoms with Gasteiger partial charge in [0, 0.05) is 73.7 Å². The van der Waals surface area contributed by atoms with E-state index in [0.29, 0.717) is 36.5 Å². The van der Waals surface area contributed by atoms with Crippen LogP contribution in [0.5, 0.6) is 0 Å². The number of halogens is 1. The molecule has 0 aromatic heterocycles. The summed E-state index contributed by atoms with van der Waals surface area (Å²) in [6.45, 7) is 5.42. The number of likely N-dealkylation sites (tertiary alicyclic amines) is 1. The van der Waals surface area contributed by atoms with E-state index in [9.17, 15) is 28.8 Å². The number of benzene rings is 1. The fourth-order valence-corrected chi connectivity index (χ4v) is 3.44. The van der Waals surface area contributed by atoms with Gasteiger partial charge in [-0.15, -0.1) is 0 Å². The number of nitrogens with one attached hydrogen (secondary N) is 1. The standard InChI is InChI=1S/C16H26ClN3.3C4H4O4/c1-19(13-14-5-3-6-15(17)11-14)10-8-18-12-16-7-4-9-20(16)2;3*5-3(6)1-2-4(7)8/h3,5-6,11,16,18H,4,7-10,12-13H2,1-2H3;3*1-2H,(H,5,6)(H,7,8)/b;3*2-1+. The average Bonchev–Trinajstić information content (AvgIpc) is 3.33. The molecule has 7 N–H and O–H groups in total. The zero-order chi connectivity index (χ0) is 34.1. The van der Waals surface area contributed by atoms with E-state index >= 15 is 0 Å². The summed E-state index contributed by atoms with van der Waals surface area (Å²) in [6, 6.07) is 8.83. The van der Waals surface area contributed by atoms with E-state index in [1.807, 2.05) is 18.2 Å². The lowest BCUT2D eigenvalue weighted by Gasteiger charge is -2.21. The zero-order valence-electron chi connectivity index (χ0n) is 24.2. The molecule has 0 bridgehead atoms. The number of aliphatic carboxylic acids is 6. The minimum Gasteiger partial charge on any atom is -0.478 e. The van der Waals surface area contributed by atoms with Crippen molar-refractivity contribution in [1.29, 1.82) is 0 Å². The van der Waals surface area contributed by atoms with Crippen LogP contribution in [0.3, 0.4) is 0 Å². The summed E-state index contributed by atoms with van der Waals surface area (Å²) in [4.78, 5) is 62.1.